The second kappa shape index (κ2) is 7.09. The van der Waals surface area contributed by atoms with Gasteiger partial charge < -0.3 is 10.5 Å². The molecule has 0 amide bonds. The van der Waals surface area contributed by atoms with Gasteiger partial charge in [-0.05, 0) is 29.8 Å². The van der Waals surface area contributed by atoms with Crippen molar-refractivity contribution < 1.29 is 4.74 Å². The Bertz CT molecular complexity index is 456. The maximum absolute atomic E-state index is 5.62. The number of rotatable bonds is 6. The molecule has 2 aromatic carbocycles. The van der Waals surface area contributed by atoms with Crippen molar-refractivity contribution in [2.24, 2.45) is 0 Å². The summed E-state index contributed by atoms with van der Waals surface area (Å²) in [6.07, 6.45) is 0. The predicted molar refractivity (Wildman–Crippen MR) is 77.7 cm³/mol. The zero-order chi connectivity index (χ0) is 12.6. The van der Waals surface area contributed by atoms with Gasteiger partial charge in [0.15, 0.2) is 0 Å². The fraction of sp³-hybridized carbons (Fsp3) is 0.200. The molecule has 0 radical (unpaired) electrons. The third kappa shape index (κ3) is 4.43. The molecular weight excluding hydrogens is 242 g/mol. The van der Waals surface area contributed by atoms with Gasteiger partial charge in [-0.3, -0.25) is 0 Å². The lowest BCUT2D eigenvalue weighted by Gasteiger charge is -2.05. The van der Waals surface area contributed by atoms with Gasteiger partial charge in [0.25, 0.3) is 0 Å². The van der Waals surface area contributed by atoms with Gasteiger partial charge >= 0.3 is 0 Å². The minimum Gasteiger partial charge on any atom is -0.399 e. The van der Waals surface area contributed by atoms with E-state index in [4.69, 9.17) is 10.5 Å². The van der Waals surface area contributed by atoms with Crippen LogP contribution in [0.5, 0.6) is 0 Å². The summed E-state index contributed by atoms with van der Waals surface area (Å²) in [6.45, 7) is 1.40. The lowest BCUT2D eigenvalue weighted by atomic mass is 10.2. The molecule has 2 rings (SSSR count). The molecule has 0 saturated heterocycles. The van der Waals surface area contributed by atoms with Crippen molar-refractivity contribution in [3.8, 4) is 0 Å². The van der Waals surface area contributed by atoms with Gasteiger partial charge in [0.05, 0.1) is 13.2 Å². The van der Waals surface area contributed by atoms with Crippen LogP contribution in [0.25, 0.3) is 0 Å². The molecule has 2 N–H and O–H groups in total. The molecule has 0 aliphatic rings. The molecule has 0 spiro atoms. The summed E-state index contributed by atoms with van der Waals surface area (Å²) < 4.78 is 5.62. The summed E-state index contributed by atoms with van der Waals surface area (Å²) in [4.78, 5) is 1.29. The van der Waals surface area contributed by atoms with Gasteiger partial charge in [-0.1, -0.05) is 30.3 Å². The van der Waals surface area contributed by atoms with Crippen LogP contribution in [-0.2, 0) is 11.3 Å². The lowest BCUT2D eigenvalue weighted by molar-refractivity contribution is 0.136. The van der Waals surface area contributed by atoms with Gasteiger partial charge in [-0.25, -0.2) is 0 Å². The summed E-state index contributed by atoms with van der Waals surface area (Å²) in [7, 11) is 0. The topological polar surface area (TPSA) is 35.2 Å². The first-order valence-electron chi connectivity index (χ1n) is 5.94. The first-order valence-corrected chi connectivity index (χ1v) is 6.93. The highest BCUT2D eigenvalue weighted by Gasteiger charge is 1.95. The van der Waals surface area contributed by atoms with E-state index in [1.54, 1.807) is 0 Å². The van der Waals surface area contributed by atoms with Crippen LogP contribution < -0.4 is 5.73 Å². The van der Waals surface area contributed by atoms with E-state index in [1.165, 1.54) is 4.90 Å². The normalized spacial score (nSPS) is 10.4. The van der Waals surface area contributed by atoms with Crippen molar-refractivity contribution in [2.75, 3.05) is 18.1 Å². The van der Waals surface area contributed by atoms with Crippen molar-refractivity contribution in [1.29, 1.82) is 0 Å². The van der Waals surface area contributed by atoms with E-state index < -0.39 is 0 Å². The monoisotopic (exact) mass is 259 g/mol. The molecule has 0 bridgehead atoms. The average Bonchev–Trinajstić information content (AvgIpc) is 2.42. The number of thioether (sulfide) groups is 1. The van der Waals surface area contributed by atoms with Crippen LogP contribution in [0.4, 0.5) is 5.69 Å². The largest absolute Gasteiger partial charge is 0.399 e. The highest BCUT2D eigenvalue weighted by Crippen LogP contribution is 2.16. The number of hydrogen-bond donors (Lipinski definition) is 1. The zero-order valence-electron chi connectivity index (χ0n) is 10.2. The van der Waals surface area contributed by atoms with Crippen molar-refractivity contribution >= 4 is 17.4 Å². The fourth-order valence-electron chi connectivity index (χ4n) is 1.54. The SMILES string of the molecule is Nc1ccc(COCCSc2ccccc2)cc1. The summed E-state index contributed by atoms with van der Waals surface area (Å²) in [6, 6.07) is 18.2. The molecule has 0 heterocycles. The van der Waals surface area contributed by atoms with Crippen LogP contribution in [0.15, 0.2) is 59.5 Å². The number of nitrogen functional groups attached to an aromatic ring is 1. The Morgan fingerprint density at radius 3 is 2.39 bits per heavy atom. The van der Waals surface area contributed by atoms with Crippen molar-refractivity contribution in [3.05, 3.63) is 60.2 Å². The molecule has 0 atom stereocenters. The second-order valence-corrected chi connectivity index (χ2v) is 5.12. The number of ether oxygens (including phenoxy) is 1. The van der Waals surface area contributed by atoms with Crippen LogP contribution in [0.1, 0.15) is 5.56 Å². The van der Waals surface area contributed by atoms with Crippen LogP contribution in [0, 0.1) is 0 Å². The van der Waals surface area contributed by atoms with Crippen molar-refractivity contribution in [2.45, 2.75) is 11.5 Å². The van der Waals surface area contributed by atoms with E-state index in [-0.39, 0.29) is 0 Å². The fourth-order valence-corrected chi connectivity index (χ4v) is 2.33. The lowest BCUT2D eigenvalue weighted by Crippen LogP contribution is -1.98. The molecule has 2 aromatic rings. The Morgan fingerprint density at radius 2 is 1.67 bits per heavy atom. The zero-order valence-corrected chi connectivity index (χ0v) is 11.0. The van der Waals surface area contributed by atoms with Gasteiger partial charge in [-0.15, -0.1) is 11.8 Å². The molecule has 18 heavy (non-hydrogen) atoms. The van der Waals surface area contributed by atoms with E-state index >= 15 is 0 Å². The third-order valence-corrected chi connectivity index (χ3v) is 3.46. The van der Waals surface area contributed by atoms with E-state index in [1.807, 2.05) is 42.1 Å². The van der Waals surface area contributed by atoms with Crippen LogP contribution >= 0.6 is 11.8 Å². The van der Waals surface area contributed by atoms with Crippen LogP contribution in [0.3, 0.4) is 0 Å². The summed E-state index contributed by atoms with van der Waals surface area (Å²) in [5, 5.41) is 0. The highest BCUT2D eigenvalue weighted by molar-refractivity contribution is 7.99. The molecule has 0 aliphatic heterocycles. The molecule has 0 unspecified atom stereocenters. The third-order valence-electron chi connectivity index (χ3n) is 2.49. The minimum absolute atomic E-state index is 0.648. The Hall–Kier alpha value is -1.45. The summed E-state index contributed by atoms with van der Waals surface area (Å²) in [5.41, 5.74) is 7.57. The van der Waals surface area contributed by atoms with Gasteiger partial charge in [0.1, 0.15) is 0 Å². The first-order chi connectivity index (χ1) is 8.84. The molecule has 0 fully saturated rings. The van der Waals surface area contributed by atoms with Crippen LogP contribution in [0.2, 0.25) is 0 Å². The Kier molecular flexibility index (Phi) is 5.12. The molecular formula is C15H17NOS. The van der Waals surface area contributed by atoms with Crippen molar-refractivity contribution in [1.82, 2.24) is 0 Å². The Labute approximate surface area is 112 Å². The maximum atomic E-state index is 5.62. The average molecular weight is 259 g/mol. The Balaban J connectivity index is 1.63. The quantitative estimate of drug-likeness (QED) is 0.489. The molecule has 3 heteroatoms. The van der Waals surface area contributed by atoms with Crippen LogP contribution in [-0.4, -0.2) is 12.4 Å². The van der Waals surface area contributed by atoms with Gasteiger partial charge in [-0.2, -0.15) is 0 Å². The molecule has 0 saturated carbocycles. The van der Waals surface area contributed by atoms with E-state index in [2.05, 4.69) is 24.3 Å². The number of hydrogen-bond acceptors (Lipinski definition) is 3. The minimum atomic E-state index is 0.648. The van der Waals surface area contributed by atoms with E-state index in [0.29, 0.717) is 6.61 Å². The predicted octanol–water partition coefficient (Wildman–Crippen LogP) is 3.58. The van der Waals surface area contributed by atoms with E-state index in [9.17, 15) is 0 Å². The second-order valence-electron chi connectivity index (χ2n) is 3.96. The van der Waals surface area contributed by atoms with E-state index in [0.717, 1.165) is 23.6 Å². The number of anilines is 1. The van der Waals surface area contributed by atoms with Gasteiger partial charge in [0.2, 0.25) is 0 Å². The summed E-state index contributed by atoms with van der Waals surface area (Å²) in [5.74, 6) is 0.971. The molecule has 0 aromatic heterocycles. The first kappa shape index (κ1) is 13.0. The maximum Gasteiger partial charge on any atom is 0.0717 e. The molecule has 94 valence electrons. The Morgan fingerprint density at radius 1 is 0.944 bits per heavy atom. The smallest absolute Gasteiger partial charge is 0.0717 e. The summed E-state index contributed by atoms with van der Waals surface area (Å²) >= 11 is 1.81. The highest BCUT2D eigenvalue weighted by atomic mass is 32.2. The number of benzene rings is 2. The standard InChI is InChI=1S/C15H17NOS/c16-14-8-6-13(7-9-14)12-17-10-11-18-15-4-2-1-3-5-15/h1-9H,10-12,16H2. The molecule has 0 aliphatic carbocycles. The van der Waals surface area contributed by atoms with Crippen molar-refractivity contribution in [3.63, 3.8) is 0 Å². The van der Waals surface area contributed by atoms with Gasteiger partial charge in [0, 0.05) is 16.3 Å². The number of nitrogens with two attached hydrogens (primary N) is 1. The molecule has 2 nitrogen and oxygen atoms in total.